The maximum atomic E-state index is 6.33. The van der Waals surface area contributed by atoms with E-state index in [-0.39, 0.29) is 0 Å². The number of para-hydroxylation sites is 2. The zero-order valence-electron chi connectivity index (χ0n) is 13.0. The second kappa shape index (κ2) is 6.67. The predicted octanol–water partition coefficient (Wildman–Crippen LogP) is 5.33. The van der Waals surface area contributed by atoms with Gasteiger partial charge in [-0.3, -0.25) is 0 Å². The average Bonchev–Trinajstić information content (AvgIpc) is 3.11. The zero-order valence-corrected chi connectivity index (χ0v) is 16.2. The highest BCUT2D eigenvalue weighted by Crippen LogP contribution is 2.34. The normalized spacial score (nSPS) is 11.0. The number of hydrogen-bond acceptors (Lipinski definition) is 6. The Morgan fingerprint density at radius 2 is 1.64 bits per heavy atom. The molecule has 2 aromatic heterocycles. The van der Waals surface area contributed by atoms with Gasteiger partial charge in [0.2, 0.25) is 5.13 Å². The molecule has 8 heteroatoms. The Balaban J connectivity index is 1.70. The summed E-state index contributed by atoms with van der Waals surface area (Å²) in [4.78, 5) is 10.8. The minimum absolute atomic E-state index is 0.335. The van der Waals surface area contributed by atoms with Crippen LogP contribution in [-0.2, 0) is 0 Å². The van der Waals surface area contributed by atoms with Crippen LogP contribution in [-0.4, -0.2) is 27.2 Å². The van der Waals surface area contributed by atoms with Crippen LogP contribution in [0.5, 0.6) is 0 Å². The third kappa shape index (κ3) is 3.22. The van der Waals surface area contributed by atoms with Crippen LogP contribution in [0.4, 0.5) is 10.9 Å². The van der Waals surface area contributed by atoms with Crippen LogP contribution in [0.15, 0.2) is 53.0 Å². The molecule has 0 saturated carbocycles. The fraction of sp³-hybridized carbons (Fsp3) is 0.0588. The molecule has 4 aromatic rings. The van der Waals surface area contributed by atoms with E-state index in [1.54, 1.807) is 0 Å². The molecule has 0 unspecified atom stereocenters. The molecule has 0 atom stereocenters. The molecule has 2 aromatic carbocycles. The molecule has 0 aliphatic carbocycles. The van der Waals surface area contributed by atoms with Gasteiger partial charge in [0, 0.05) is 17.1 Å². The van der Waals surface area contributed by atoms with Crippen molar-refractivity contribution in [3.8, 4) is 10.6 Å². The minimum Gasteiger partial charge on any atom is -0.301 e. The van der Waals surface area contributed by atoms with Gasteiger partial charge < -0.3 is 4.90 Å². The number of nitrogens with zero attached hydrogens (tertiary/aromatic N) is 5. The van der Waals surface area contributed by atoms with E-state index in [0.717, 1.165) is 26.1 Å². The van der Waals surface area contributed by atoms with Crippen LogP contribution in [0.1, 0.15) is 0 Å². The van der Waals surface area contributed by atoms with Crippen molar-refractivity contribution in [2.75, 3.05) is 11.9 Å². The Bertz CT molecular complexity index is 1050. The first-order chi connectivity index (χ1) is 12.1. The number of halogens is 2. The lowest BCUT2D eigenvalue weighted by Gasteiger charge is -2.15. The third-order valence-electron chi connectivity index (χ3n) is 3.62. The second-order valence-electron chi connectivity index (χ2n) is 5.28. The molecule has 0 N–H and O–H groups in total. The van der Waals surface area contributed by atoms with Gasteiger partial charge in [0.1, 0.15) is 5.01 Å². The van der Waals surface area contributed by atoms with Crippen LogP contribution in [0.3, 0.4) is 0 Å². The first kappa shape index (κ1) is 16.4. The summed E-state index contributed by atoms with van der Waals surface area (Å²) in [7, 11) is 1.86. The van der Waals surface area contributed by atoms with Gasteiger partial charge in [-0.2, -0.15) is 0 Å². The number of aromatic nitrogens is 4. The summed E-state index contributed by atoms with van der Waals surface area (Å²) in [6.07, 6.45) is 0. The summed E-state index contributed by atoms with van der Waals surface area (Å²) in [5.74, 6) is 0.555. The maximum absolute atomic E-state index is 6.33. The van der Waals surface area contributed by atoms with Gasteiger partial charge in [-0.25, -0.2) is 9.97 Å². The molecule has 0 fully saturated rings. The fourth-order valence-electron chi connectivity index (χ4n) is 2.33. The topological polar surface area (TPSA) is 54.8 Å². The number of fused-ring (bicyclic) bond motifs is 1. The zero-order chi connectivity index (χ0) is 17.4. The molecule has 5 nitrogen and oxygen atoms in total. The molecule has 0 aliphatic heterocycles. The molecule has 0 aliphatic rings. The van der Waals surface area contributed by atoms with Crippen LogP contribution in [0.2, 0.25) is 5.15 Å². The third-order valence-corrected chi connectivity index (χ3v) is 5.45. The molecule has 2 heterocycles. The number of rotatable bonds is 3. The van der Waals surface area contributed by atoms with Crippen LogP contribution in [0.25, 0.3) is 21.6 Å². The van der Waals surface area contributed by atoms with E-state index in [9.17, 15) is 0 Å². The molecule has 0 spiro atoms. The molecule has 25 heavy (non-hydrogen) atoms. The monoisotopic (exact) mass is 431 g/mol. The van der Waals surface area contributed by atoms with Crippen LogP contribution in [0, 0.1) is 0 Å². The van der Waals surface area contributed by atoms with Crippen molar-refractivity contribution >= 4 is 60.9 Å². The van der Waals surface area contributed by atoms with E-state index >= 15 is 0 Å². The predicted molar refractivity (Wildman–Crippen MR) is 106 cm³/mol. The quantitative estimate of drug-likeness (QED) is 0.438. The summed E-state index contributed by atoms with van der Waals surface area (Å²) >= 11 is 11.2. The van der Waals surface area contributed by atoms with Crippen molar-refractivity contribution in [3.63, 3.8) is 0 Å². The molecular formula is C17H11BrClN5S. The SMILES string of the molecule is CN(c1nnc(-c2ccc(Br)cc2)s1)c1nc2ccccc2nc1Cl. The van der Waals surface area contributed by atoms with Crippen molar-refractivity contribution in [1.82, 2.24) is 20.2 Å². The standard InChI is InChI=1S/C17H11BrClN5S/c1-24(15-14(19)20-12-4-2-3-5-13(12)21-15)17-23-22-16(25-17)10-6-8-11(18)9-7-10/h2-9H,1H3. The van der Waals surface area contributed by atoms with Crippen LogP contribution < -0.4 is 4.90 Å². The van der Waals surface area contributed by atoms with E-state index in [2.05, 4.69) is 36.1 Å². The Morgan fingerprint density at radius 1 is 0.960 bits per heavy atom. The van der Waals surface area contributed by atoms with E-state index in [4.69, 9.17) is 11.6 Å². The highest BCUT2D eigenvalue weighted by atomic mass is 79.9. The molecular weight excluding hydrogens is 422 g/mol. The van der Waals surface area contributed by atoms with Gasteiger partial charge in [0.05, 0.1) is 11.0 Å². The van der Waals surface area contributed by atoms with Gasteiger partial charge >= 0.3 is 0 Å². The molecule has 0 amide bonds. The van der Waals surface area contributed by atoms with Crippen LogP contribution >= 0.6 is 38.9 Å². The van der Waals surface area contributed by atoms with E-state index in [1.807, 2.05) is 60.5 Å². The first-order valence-corrected chi connectivity index (χ1v) is 9.36. The number of benzene rings is 2. The summed E-state index contributed by atoms with van der Waals surface area (Å²) in [5.41, 5.74) is 2.56. The lowest BCUT2D eigenvalue weighted by atomic mass is 10.2. The second-order valence-corrected chi connectivity index (χ2v) is 7.51. The highest BCUT2D eigenvalue weighted by molar-refractivity contribution is 9.10. The van der Waals surface area contributed by atoms with Gasteiger partial charge in [-0.1, -0.05) is 63.1 Å². The Kier molecular flexibility index (Phi) is 4.37. The van der Waals surface area contributed by atoms with Crippen molar-refractivity contribution in [3.05, 3.63) is 58.2 Å². The summed E-state index contributed by atoms with van der Waals surface area (Å²) in [6.45, 7) is 0. The smallest absolute Gasteiger partial charge is 0.214 e. The number of hydrogen-bond donors (Lipinski definition) is 0. The average molecular weight is 433 g/mol. The molecule has 124 valence electrons. The van der Waals surface area contributed by atoms with Crippen molar-refractivity contribution in [2.45, 2.75) is 0 Å². The van der Waals surface area contributed by atoms with Gasteiger partial charge in [0.15, 0.2) is 11.0 Å². The summed E-state index contributed by atoms with van der Waals surface area (Å²) < 4.78 is 1.02. The first-order valence-electron chi connectivity index (χ1n) is 7.37. The van der Waals surface area contributed by atoms with Crippen molar-refractivity contribution in [2.24, 2.45) is 0 Å². The minimum atomic E-state index is 0.335. The van der Waals surface area contributed by atoms with E-state index in [1.165, 1.54) is 11.3 Å². The maximum Gasteiger partial charge on any atom is 0.214 e. The van der Waals surface area contributed by atoms with Gasteiger partial charge in [-0.15, -0.1) is 10.2 Å². The van der Waals surface area contributed by atoms with Gasteiger partial charge in [0.25, 0.3) is 0 Å². The van der Waals surface area contributed by atoms with Crippen molar-refractivity contribution in [1.29, 1.82) is 0 Å². The Hall–Kier alpha value is -2.09. The highest BCUT2D eigenvalue weighted by Gasteiger charge is 2.17. The molecule has 0 saturated heterocycles. The summed E-state index contributed by atoms with van der Waals surface area (Å²) in [5, 5.41) is 10.4. The molecule has 0 radical (unpaired) electrons. The lowest BCUT2D eigenvalue weighted by Crippen LogP contribution is -2.12. The fourth-order valence-corrected chi connectivity index (χ4v) is 3.67. The summed E-state index contributed by atoms with van der Waals surface area (Å²) in [6, 6.07) is 15.6. The van der Waals surface area contributed by atoms with Crippen molar-refractivity contribution < 1.29 is 0 Å². The Labute approximate surface area is 161 Å². The van der Waals surface area contributed by atoms with Gasteiger partial charge in [-0.05, 0) is 24.3 Å². The lowest BCUT2D eigenvalue weighted by molar-refractivity contribution is 1.03. The number of anilines is 2. The molecule has 4 rings (SSSR count). The largest absolute Gasteiger partial charge is 0.301 e. The van der Waals surface area contributed by atoms with E-state index < -0.39 is 0 Å². The molecule has 0 bridgehead atoms. The Morgan fingerprint density at radius 3 is 2.36 bits per heavy atom. The van der Waals surface area contributed by atoms with E-state index in [0.29, 0.717) is 16.1 Å².